The van der Waals surface area contributed by atoms with Crippen LogP contribution in [0.25, 0.3) is 0 Å². The molecule has 1 aliphatic heterocycles. The van der Waals surface area contributed by atoms with E-state index in [9.17, 15) is 22.8 Å². The Morgan fingerprint density at radius 3 is 1.95 bits per heavy atom. The first kappa shape index (κ1) is 17.6. The third-order valence-corrected chi connectivity index (χ3v) is 3.46. The average molecular weight is 309 g/mol. The summed E-state index contributed by atoms with van der Waals surface area (Å²) in [4.78, 5) is 28.2. The molecule has 0 bridgehead atoms. The molecule has 8 heteroatoms. The Morgan fingerprint density at radius 1 is 1.10 bits per heavy atom. The number of hydrogen-bond acceptors (Lipinski definition) is 2. The molecule has 122 valence electrons. The average Bonchev–Trinajstić information content (AvgIpc) is 2.37. The van der Waals surface area contributed by atoms with Gasteiger partial charge in [0.05, 0.1) is 0 Å². The predicted molar refractivity (Wildman–Crippen MR) is 71.7 cm³/mol. The van der Waals surface area contributed by atoms with E-state index >= 15 is 0 Å². The molecule has 1 fully saturated rings. The van der Waals surface area contributed by atoms with Crippen LogP contribution in [0.2, 0.25) is 0 Å². The highest BCUT2D eigenvalue weighted by Gasteiger charge is 2.35. The van der Waals surface area contributed by atoms with Gasteiger partial charge >= 0.3 is 12.2 Å². The first-order chi connectivity index (χ1) is 9.65. The lowest BCUT2D eigenvalue weighted by molar-refractivity contribution is -0.162. The van der Waals surface area contributed by atoms with E-state index < -0.39 is 18.5 Å². The predicted octanol–water partition coefficient (Wildman–Crippen LogP) is 1.93. The van der Waals surface area contributed by atoms with Crippen LogP contribution >= 0.6 is 0 Å². The minimum atomic E-state index is -4.49. The highest BCUT2D eigenvalue weighted by molar-refractivity contribution is 5.78. The van der Waals surface area contributed by atoms with Crippen molar-refractivity contribution in [2.75, 3.05) is 32.7 Å². The van der Waals surface area contributed by atoms with Crippen LogP contribution in [-0.2, 0) is 4.79 Å². The second kappa shape index (κ2) is 7.00. The van der Waals surface area contributed by atoms with Gasteiger partial charge in [-0.15, -0.1) is 0 Å². The van der Waals surface area contributed by atoms with Crippen LogP contribution in [0.3, 0.4) is 0 Å². The number of alkyl halides is 3. The summed E-state index contributed by atoms with van der Waals surface area (Å²) < 4.78 is 36.6. The van der Waals surface area contributed by atoms with Gasteiger partial charge < -0.3 is 14.7 Å². The van der Waals surface area contributed by atoms with Gasteiger partial charge in [0, 0.05) is 38.8 Å². The highest BCUT2D eigenvalue weighted by Crippen LogP contribution is 2.21. The first-order valence-electron chi connectivity index (χ1n) is 7.05. The maximum atomic E-state index is 12.2. The van der Waals surface area contributed by atoms with Gasteiger partial charge in [-0.05, 0) is 20.8 Å². The SMILES string of the molecule is CCN(C(=O)N1CCN(C(=O)CC(F)(F)F)CC1)C(C)C. The summed E-state index contributed by atoms with van der Waals surface area (Å²) in [5, 5.41) is 0. The lowest BCUT2D eigenvalue weighted by Gasteiger charge is -2.38. The molecule has 0 spiro atoms. The number of carbonyl (C=O) groups excluding carboxylic acids is 2. The second-order valence-electron chi connectivity index (χ2n) is 5.32. The van der Waals surface area contributed by atoms with Crippen molar-refractivity contribution in [3.63, 3.8) is 0 Å². The van der Waals surface area contributed by atoms with E-state index in [4.69, 9.17) is 0 Å². The lowest BCUT2D eigenvalue weighted by Crippen LogP contribution is -2.55. The van der Waals surface area contributed by atoms with Crippen LogP contribution in [0, 0.1) is 0 Å². The summed E-state index contributed by atoms with van der Waals surface area (Å²) in [7, 11) is 0. The quantitative estimate of drug-likeness (QED) is 0.799. The van der Waals surface area contributed by atoms with Crippen LogP contribution in [0.5, 0.6) is 0 Å². The first-order valence-corrected chi connectivity index (χ1v) is 7.05. The Hall–Kier alpha value is -1.47. The van der Waals surface area contributed by atoms with E-state index in [-0.39, 0.29) is 38.3 Å². The molecule has 0 radical (unpaired) electrons. The van der Waals surface area contributed by atoms with Crippen LogP contribution in [0.4, 0.5) is 18.0 Å². The lowest BCUT2D eigenvalue weighted by atomic mass is 10.2. The molecule has 0 aromatic heterocycles. The van der Waals surface area contributed by atoms with Crippen molar-refractivity contribution in [3.8, 4) is 0 Å². The van der Waals surface area contributed by atoms with Gasteiger partial charge in [-0.2, -0.15) is 13.2 Å². The molecule has 21 heavy (non-hydrogen) atoms. The smallest absolute Gasteiger partial charge is 0.339 e. The zero-order chi connectivity index (χ0) is 16.2. The van der Waals surface area contributed by atoms with E-state index in [0.29, 0.717) is 6.54 Å². The van der Waals surface area contributed by atoms with Crippen LogP contribution in [-0.4, -0.2) is 71.6 Å². The molecule has 0 N–H and O–H groups in total. The Kier molecular flexibility index (Phi) is 5.86. The summed E-state index contributed by atoms with van der Waals surface area (Å²) in [6.07, 6.45) is -5.92. The zero-order valence-corrected chi connectivity index (χ0v) is 12.6. The Labute approximate surface area is 122 Å². The van der Waals surface area contributed by atoms with Crippen LogP contribution < -0.4 is 0 Å². The van der Waals surface area contributed by atoms with Gasteiger partial charge in [0.2, 0.25) is 5.91 Å². The number of hydrogen-bond donors (Lipinski definition) is 0. The van der Waals surface area contributed by atoms with E-state index in [1.807, 2.05) is 20.8 Å². The number of urea groups is 1. The van der Waals surface area contributed by atoms with Gasteiger partial charge in [0.15, 0.2) is 0 Å². The minimum absolute atomic E-state index is 0.0624. The molecule has 0 aliphatic carbocycles. The van der Waals surface area contributed by atoms with Crippen LogP contribution in [0.1, 0.15) is 27.2 Å². The third-order valence-electron chi connectivity index (χ3n) is 3.46. The summed E-state index contributed by atoms with van der Waals surface area (Å²) in [6.45, 7) is 7.10. The van der Waals surface area contributed by atoms with Crippen molar-refractivity contribution in [1.82, 2.24) is 14.7 Å². The summed E-state index contributed by atoms with van der Waals surface area (Å²) >= 11 is 0. The summed E-state index contributed by atoms with van der Waals surface area (Å²) in [5.74, 6) is -0.925. The minimum Gasteiger partial charge on any atom is -0.339 e. The van der Waals surface area contributed by atoms with Crippen molar-refractivity contribution >= 4 is 11.9 Å². The zero-order valence-electron chi connectivity index (χ0n) is 12.6. The number of carbonyl (C=O) groups is 2. The number of nitrogens with zero attached hydrogens (tertiary/aromatic N) is 3. The second-order valence-corrected chi connectivity index (χ2v) is 5.32. The monoisotopic (exact) mass is 309 g/mol. The Balaban J connectivity index is 2.52. The summed E-state index contributed by atoms with van der Waals surface area (Å²) in [6, 6.07) is -0.0668. The normalized spacial score (nSPS) is 16.3. The highest BCUT2D eigenvalue weighted by atomic mass is 19.4. The number of amides is 3. The maximum absolute atomic E-state index is 12.2. The fraction of sp³-hybridized carbons (Fsp3) is 0.846. The van der Waals surface area contributed by atoms with E-state index in [1.165, 1.54) is 4.90 Å². The number of piperazine rings is 1. The topological polar surface area (TPSA) is 43.9 Å². The molecule has 5 nitrogen and oxygen atoms in total. The molecular weight excluding hydrogens is 287 g/mol. The molecule has 0 aromatic carbocycles. The molecule has 0 saturated carbocycles. The molecule has 0 aromatic rings. The third kappa shape index (κ3) is 5.09. The molecule has 1 saturated heterocycles. The van der Waals surface area contributed by atoms with Gasteiger partial charge in [0.25, 0.3) is 0 Å². The molecular formula is C13H22F3N3O2. The van der Waals surface area contributed by atoms with Gasteiger partial charge in [-0.25, -0.2) is 4.79 Å². The number of halogens is 3. The van der Waals surface area contributed by atoms with Gasteiger partial charge in [-0.3, -0.25) is 4.79 Å². The Bertz CT molecular complexity index is 377. The van der Waals surface area contributed by atoms with E-state index in [2.05, 4.69) is 0 Å². The van der Waals surface area contributed by atoms with Crippen molar-refractivity contribution in [3.05, 3.63) is 0 Å². The molecule has 3 amide bonds. The van der Waals surface area contributed by atoms with Gasteiger partial charge in [-0.1, -0.05) is 0 Å². The summed E-state index contributed by atoms with van der Waals surface area (Å²) in [5.41, 5.74) is 0. The largest absolute Gasteiger partial charge is 0.397 e. The standard InChI is InChI=1S/C13H22F3N3O2/c1-4-19(10(2)3)12(21)18-7-5-17(6-8-18)11(20)9-13(14,15)16/h10H,4-9H2,1-3H3. The van der Waals surface area contributed by atoms with Crippen molar-refractivity contribution in [2.45, 2.75) is 39.4 Å². The fourth-order valence-corrected chi connectivity index (χ4v) is 2.33. The van der Waals surface area contributed by atoms with Crippen molar-refractivity contribution in [2.24, 2.45) is 0 Å². The molecule has 1 heterocycles. The van der Waals surface area contributed by atoms with E-state index in [1.54, 1.807) is 9.80 Å². The fourth-order valence-electron chi connectivity index (χ4n) is 2.33. The van der Waals surface area contributed by atoms with Crippen LogP contribution in [0.15, 0.2) is 0 Å². The molecule has 1 rings (SSSR count). The molecule has 0 unspecified atom stereocenters. The van der Waals surface area contributed by atoms with Crippen molar-refractivity contribution < 1.29 is 22.8 Å². The van der Waals surface area contributed by atoms with E-state index in [0.717, 1.165) is 0 Å². The molecule has 0 atom stereocenters. The number of rotatable bonds is 3. The van der Waals surface area contributed by atoms with Crippen molar-refractivity contribution in [1.29, 1.82) is 0 Å². The Morgan fingerprint density at radius 2 is 1.57 bits per heavy atom. The molecule has 1 aliphatic rings. The van der Waals surface area contributed by atoms with Gasteiger partial charge in [0.1, 0.15) is 6.42 Å². The maximum Gasteiger partial charge on any atom is 0.397 e.